The van der Waals surface area contributed by atoms with Crippen molar-refractivity contribution in [3.8, 4) is 11.4 Å². The van der Waals surface area contributed by atoms with Crippen molar-refractivity contribution in [2.75, 3.05) is 0 Å². The minimum atomic E-state index is -4.60. The summed E-state index contributed by atoms with van der Waals surface area (Å²) in [6, 6.07) is 21.2. The molecular formula is C34H24CrN8Na3O12S2-. The standard InChI is InChI=1S/2C17H14N4O6S.Cr.3Na/c2*1-10-15(19-18-14-5-3-2-4-13(14)17(23)24)16(22)21(20-10)11-6-8-12(9-7-11)28(25,26)27;;;;/h2*2-9H,1H3,(H3,18,20,22,23,24,25,26,27);;;;/q;;;3*+1/p-4. The molecule has 2 aromatic heterocycles. The van der Waals surface area contributed by atoms with E-state index in [1.807, 2.05) is 0 Å². The van der Waals surface area contributed by atoms with Crippen molar-refractivity contribution in [3.05, 3.63) is 140 Å². The van der Waals surface area contributed by atoms with Crippen molar-refractivity contribution in [2.24, 2.45) is 20.5 Å². The van der Waals surface area contributed by atoms with E-state index in [9.17, 15) is 45.1 Å². The van der Waals surface area contributed by atoms with Crippen LogP contribution in [0.15, 0.2) is 137 Å². The van der Waals surface area contributed by atoms with Crippen LogP contribution in [0.5, 0.6) is 0 Å². The second-order valence-electron chi connectivity index (χ2n) is 11.2. The number of carboxylic acid groups (broad SMARTS) is 2. The Bertz CT molecular complexity index is 2700. The predicted octanol–water partition coefficient (Wildman–Crippen LogP) is -4.75. The van der Waals surface area contributed by atoms with Gasteiger partial charge in [0.25, 0.3) is 11.1 Å². The third-order valence-electron chi connectivity index (χ3n) is 7.50. The van der Waals surface area contributed by atoms with Gasteiger partial charge in [-0.3, -0.25) is 9.59 Å². The van der Waals surface area contributed by atoms with Crippen LogP contribution >= 0.6 is 0 Å². The van der Waals surface area contributed by atoms with Gasteiger partial charge < -0.3 is 38.9 Å². The molecule has 4 aromatic carbocycles. The molecule has 0 unspecified atom stereocenters. The molecule has 0 aliphatic carbocycles. The van der Waals surface area contributed by atoms with Gasteiger partial charge in [0.2, 0.25) is 0 Å². The van der Waals surface area contributed by atoms with Crippen LogP contribution in [0.4, 0.5) is 22.7 Å². The van der Waals surface area contributed by atoms with E-state index in [1.54, 1.807) is 12.1 Å². The minimum Gasteiger partial charge on any atom is -0.744 e. The largest absolute Gasteiger partial charge is 1.00 e. The van der Waals surface area contributed by atoms with Gasteiger partial charge in [0.05, 0.1) is 20.9 Å². The average Bonchev–Trinajstić information content (AvgIpc) is 3.61. The average molecular weight is 922 g/mol. The van der Waals surface area contributed by atoms with E-state index in [2.05, 4.69) is 30.7 Å². The zero-order valence-electron chi connectivity index (χ0n) is 32.0. The fraction of sp³-hybridized carbons (Fsp3) is 0.0588. The first-order chi connectivity index (χ1) is 26.4. The molecule has 26 heteroatoms. The van der Waals surface area contributed by atoms with Crippen molar-refractivity contribution >= 4 is 54.9 Å². The summed E-state index contributed by atoms with van der Waals surface area (Å²) in [4.78, 5) is 46.7. The molecule has 2 N–H and O–H groups in total. The number of aromatic nitrogens is 4. The molecule has 60 heavy (non-hydrogen) atoms. The molecule has 294 valence electrons. The van der Waals surface area contributed by atoms with Gasteiger partial charge in [0.15, 0.2) is 0 Å². The normalized spacial score (nSPS) is 11.0. The molecule has 6 rings (SSSR count). The number of hydrogen-bond acceptors (Lipinski definition) is 14. The molecular weight excluding hydrogens is 898 g/mol. The summed E-state index contributed by atoms with van der Waals surface area (Å²) < 4.78 is 67.9. The number of aromatic carboxylic acids is 2. The van der Waals surface area contributed by atoms with Gasteiger partial charge in [-0.2, -0.15) is 0 Å². The number of rotatable bonds is 10. The molecule has 20 nitrogen and oxygen atoms in total. The van der Waals surface area contributed by atoms with Gasteiger partial charge in [-0.25, -0.2) is 26.4 Å². The zero-order chi connectivity index (χ0) is 40.9. The van der Waals surface area contributed by atoms with Crippen LogP contribution in [0.1, 0.15) is 32.1 Å². The Hall–Kier alpha value is -3.61. The van der Waals surface area contributed by atoms with Crippen molar-refractivity contribution in [2.45, 2.75) is 23.6 Å². The molecule has 0 bridgehead atoms. The van der Waals surface area contributed by atoms with Crippen LogP contribution < -0.4 is 110 Å². The first-order valence-electron chi connectivity index (χ1n) is 15.5. The van der Waals surface area contributed by atoms with Crippen LogP contribution in [0.25, 0.3) is 11.4 Å². The summed E-state index contributed by atoms with van der Waals surface area (Å²) in [5.74, 6) is -2.37. The Kier molecular flexibility index (Phi) is 20.9. The van der Waals surface area contributed by atoms with E-state index < -0.39 is 53.1 Å². The van der Waals surface area contributed by atoms with Crippen molar-refractivity contribution < 1.29 is 152 Å². The van der Waals surface area contributed by atoms with Crippen LogP contribution in [0.3, 0.4) is 0 Å². The molecule has 0 saturated carbocycles. The molecule has 6 aromatic rings. The molecule has 0 aliphatic heterocycles. The summed E-state index contributed by atoms with van der Waals surface area (Å²) in [5.41, 5.74) is -0.514. The van der Waals surface area contributed by atoms with Gasteiger partial charge in [-0.15, -0.1) is 31.8 Å². The maximum Gasteiger partial charge on any atom is 1.00 e. The smallest absolute Gasteiger partial charge is 0.744 e. The van der Waals surface area contributed by atoms with Gasteiger partial charge in [0.1, 0.15) is 43.0 Å². The molecule has 0 spiro atoms. The van der Waals surface area contributed by atoms with Crippen LogP contribution in [0.2, 0.25) is 0 Å². The molecule has 0 amide bonds. The number of carboxylic acids is 2. The topological polar surface area (TPSA) is 311 Å². The molecule has 0 fully saturated rings. The number of benzene rings is 4. The van der Waals surface area contributed by atoms with E-state index in [4.69, 9.17) is 10.2 Å². The Morgan fingerprint density at radius 2 is 0.850 bits per heavy atom. The summed E-state index contributed by atoms with van der Waals surface area (Å²) >= 11 is 0. The Morgan fingerprint density at radius 1 is 0.550 bits per heavy atom. The van der Waals surface area contributed by atoms with Crippen molar-refractivity contribution in [1.29, 1.82) is 0 Å². The second kappa shape index (κ2) is 23.0. The molecule has 0 saturated heterocycles. The van der Waals surface area contributed by atoms with E-state index in [0.29, 0.717) is 0 Å². The van der Waals surface area contributed by atoms with Gasteiger partial charge >= 0.3 is 101 Å². The Labute approximate surface area is 417 Å². The molecule has 0 atom stereocenters. The first kappa shape index (κ1) is 54.4. The number of azo groups is 2. The van der Waals surface area contributed by atoms with Crippen LogP contribution in [-0.2, 0) is 37.6 Å². The SMILES string of the molecule is Cc1[n-]n(-c2ccc(S(=O)(=O)[O-])cc2)c(=O)c1N=Nc1ccccc1C(=O)O.Cc1[n-]n(-c2ccc(S(=O)(=O)[O-])cc2)c(=O)c1N=Nc1ccccc1C(=O)O.[Cr].[Na+].[Na+].[Na+]. The fourth-order valence-electron chi connectivity index (χ4n) is 4.78. The third-order valence-corrected chi connectivity index (χ3v) is 9.20. The Morgan fingerprint density at radius 3 is 1.13 bits per heavy atom. The minimum absolute atomic E-state index is 0. The number of hydrogen-bond donors (Lipinski definition) is 2. The fourth-order valence-corrected chi connectivity index (χ4v) is 5.71. The Balaban J connectivity index is 0.000000562. The van der Waals surface area contributed by atoms with E-state index in [0.717, 1.165) is 33.6 Å². The van der Waals surface area contributed by atoms with E-state index in [1.165, 1.54) is 74.5 Å². The maximum absolute atomic E-state index is 12.6. The van der Waals surface area contributed by atoms with Gasteiger partial charge in [0, 0.05) is 28.7 Å². The van der Waals surface area contributed by atoms with E-state index in [-0.39, 0.29) is 163 Å². The van der Waals surface area contributed by atoms with Crippen molar-refractivity contribution in [1.82, 2.24) is 19.6 Å². The quantitative estimate of drug-likeness (QED) is 0.0741. The summed E-state index contributed by atoms with van der Waals surface area (Å²) in [5, 5.41) is 41.8. The summed E-state index contributed by atoms with van der Waals surface area (Å²) in [6.45, 7) is 3.04. The maximum atomic E-state index is 12.6. The second-order valence-corrected chi connectivity index (χ2v) is 14.0. The van der Waals surface area contributed by atoms with Gasteiger partial charge in [-0.05, 0) is 72.8 Å². The molecule has 2 heterocycles. The predicted molar refractivity (Wildman–Crippen MR) is 191 cm³/mol. The molecule has 0 radical (unpaired) electrons. The van der Waals surface area contributed by atoms with Gasteiger partial charge in [-0.1, -0.05) is 38.1 Å². The first-order valence-corrected chi connectivity index (χ1v) is 18.3. The number of nitrogens with zero attached hydrogens (tertiary/aromatic N) is 8. The summed E-state index contributed by atoms with van der Waals surface area (Å²) in [7, 11) is -9.21. The molecule has 0 aliphatic rings. The van der Waals surface area contributed by atoms with Crippen LogP contribution in [0, 0.1) is 13.8 Å². The van der Waals surface area contributed by atoms with Crippen molar-refractivity contribution in [3.63, 3.8) is 0 Å². The van der Waals surface area contributed by atoms with E-state index >= 15 is 0 Å². The number of aryl methyl sites for hydroxylation is 2. The third kappa shape index (κ3) is 13.2. The summed E-state index contributed by atoms with van der Waals surface area (Å²) in [6.07, 6.45) is 0. The number of carbonyl (C=O) groups is 2. The monoisotopic (exact) mass is 921 g/mol. The zero-order valence-corrected chi connectivity index (χ0v) is 40.9. The van der Waals surface area contributed by atoms with Crippen LogP contribution in [-0.4, -0.2) is 57.5 Å².